The fourth-order valence-corrected chi connectivity index (χ4v) is 1.69. The fourth-order valence-electron chi connectivity index (χ4n) is 1.69. The van der Waals surface area contributed by atoms with Crippen LogP contribution in [0.5, 0.6) is 0 Å². The summed E-state index contributed by atoms with van der Waals surface area (Å²) >= 11 is 0. The third kappa shape index (κ3) is 1.25. The van der Waals surface area contributed by atoms with Crippen molar-refractivity contribution in [1.29, 1.82) is 0 Å². The van der Waals surface area contributed by atoms with E-state index in [0.29, 0.717) is 5.92 Å². The standard InChI is InChI=1S/C9H14N2O/c12-5-4-8-6-10-11-9(8)7-2-1-3-7/h6-7,12H,1-5H2,(H,10,11). The van der Waals surface area contributed by atoms with Crippen molar-refractivity contribution in [3.63, 3.8) is 0 Å². The number of aliphatic hydroxyl groups is 1. The SMILES string of the molecule is OCCc1cn[nH]c1C1CCC1. The minimum absolute atomic E-state index is 0.221. The highest BCUT2D eigenvalue weighted by Gasteiger charge is 2.23. The first kappa shape index (κ1) is 7.80. The average Bonchev–Trinajstić information content (AvgIpc) is 2.35. The topological polar surface area (TPSA) is 48.9 Å². The van der Waals surface area contributed by atoms with Crippen LogP contribution in [0.4, 0.5) is 0 Å². The van der Waals surface area contributed by atoms with Gasteiger partial charge in [0.2, 0.25) is 0 Å². The van der Waals surface area contributed by atoms with Crippen LogP contribution in [0.2, 0.25) is 0 Å². The first-order valence-electron chi connectivity index (χ1n) is 4.55. The number of aromatic amines is 1. The van der Waals surface area contributed by atoms with Crippen LogP contribution in [0, 0.1) is 0 Å². The Hall–Kier alpha value is -0.830. The molecule has 0 spiro atoms. The number of aliphatic hydroxyl groups excluding tert-OH is 1. The van der Waals surface area contributed by atoms with Gasteiger partial charge >= 0.3 is 0 Å². The number of rotatable bonds is 3. The van der Waals surface area contributed by atoms with E-state index in [-0.39, 0.29) is 6.61 Å². The van der Waals surface area contributed by atoms with Crippen molar-refractivity contribution < 1.29 is 5.11 Å². The van der Waals surface area contributed by atoms with Gasteiger partial charge in [-0.25, -0.2) is 0 Å². The molecule has 0 saturated heterocycles. The third-order valence-corrected chi connectivity index (χ3v) is 2.65. The van der Waals surface area contributed by atoms with Crippen LogP contribution in [0.25, 0.3) is 0 Å². The van der Waals surface area contributed by atoms with Gasteiger partial charge in [0.15, 0.2) is 0 Å². The van der Waals surface area contributed by atoms with Gasteiger partial charge in [0.1, 0.15) is 0 Å². The van der Waals surface area contributed by atoms with Crippen molar-refractivity contribution in [2.45, 2.75) is 31.6 Å². The fraction of sp³-hybridized carbons (Fsp3) is 0.667. The highest BCUT2D eigenvalue weighted by molar-refractivity contribution is 5.22. The minimum atomic E-state index is 0.221. The van der Waals surface area contributed by atoms with E-state index in [2.05, 4.69) is 10.2 Å². The van der Waals surface area contributed by atoms with Gasteiger partial charge in [-0.15, -0.1) is 0 Å². The molecule has 1 heterocycles. The largest absolute Gasteiger partial charge is 0.396 e. The van der Waals surface area contributed by atoms with Gasteiger partial charge < -0.3 is 5.11 Å². The van der Waals surface area contributed by atoms with Crippen molar-refractivity contribution in [2.75, 3.05) is 6.61 Å². The van der Waals surface area contributed by atoms with Crippen molar-refractivity contribution in [3.8, 4) is 0 Å². The van der Waals surface area contributed by atoms with Crippen molar-refractivity contribution >= 4 is 0 Å². The second kappa shape index (κ2) is 3.27. The van der Waals surface area contributed by atoms with Crippen LogP contribution >= 0.6 is 0 Å². The molecule has 3 heteroatoms. The molecule has 0 unspecified atom stereocenters. The number of aromatic nitrogens is 2. The van der Waals surface area contributed by atoms with Crippen LogP contribution in [0.1, 0.15) is 36.4 Å². The molecule has 1 aromatic heterocycles. The molecule has 1 fully saturated rings. The zero-order valence-corrected chi connectivity index (χ0v) is 7.08. The molecule has 0 atom stereocenters. The number of hydrogen-bond donors (Lipinski definition) is 2. The Balaban J connectivity index is 2.12. The van der Waals surface area contributed by atoms with E-state index in [1.54, 1.807) is 0 Å². The van der Waals surface area contributed by atoms with Crippen molar-refractivity contribution in [2.24, 2.45) is 0 Å². The molecule has 1 aromatic rings. The van der Waals surface area contributed by atoms with E-state index in [0.717, 1.165) is 6.42 Å². The highest BCUT2D eigenvalue weighted by Crippen LogP contribution is 2.36. The minimum Gasteiger partial charge on any atom is -0.396 e. The van der Waals surface area contributed by atoms with Crippen LogP contribution < -0.4 is 0 Å². The lowest BCUT2D eigenvalue weighted by atomic mass is 9.81. The average molecular weight is 166 g/mol. The molecule has 12 heavy (non-hydrogen) atoms. The van der Waals surface area contributed by atoms with Gasteiger partial charge in [0, 0.05) is 18.2 Å². The molecular weight excluding hydrogens is 152 g/mol. The van der Waals surface area contributed by atoms with Gasteiger partial charge in [0.25, 0.3) is 0 Å². The van der Waals surface area contributed by atoms with Gasteiger partial charge in [0.05, 0.1) is 6.20 Å². The maximum absolute atomic E-state index is 8.79. The summed E-state index contributed by atoms with van der Waals surface area (Å²) in [6, 6.07) is 0. The molecule has 0 aromatic carbocycles. The van der Waals surface area contributed by atoms with Crippen LogP contribution in [-0.2, 0) is 6.42 Å². The molecule has 3 nitrogen and oxygen atoms in total. The Morgan fingerprint density at radius 3 is 3.00 bits per heavy atom. The molecule has 1 aliphatic rings. The maximum Gasteiger partial charge on any atom is 0.0523 e. The van der Waals surface area contributed by atoms with E-state index < -0.39 is 0 Å². The molecule has 0 amide bonds. The first-order chi connectivity index (χ1) is 5.92. The summed E-state index contributed by atoms with van der Waals surface area (Å²) in [4.78, 5) is 0. The summed E-state index contributed by atoms with van der Waals surface area (Å²) in [6.07, 6.45) is 6.47. The summed E-state index contributed by atoms with van der Waals surface area (Å²) in [5, 5.41) is 15.8. The van der Waals surface area contributed by atoms with Crippen LogP contribution in [0.15, 0.2) is 6.20 Å². The molecule has 0 bridgehead atoms. The van der Waals surface area contributed by atoms with E-state index in [4.69, 9.17) is 5.11 Å². The summed E-state index contributed by atoms with van der Waals surface area (Å²) < 4.78 is 0. The van der Waals surface area contributed by atoms with E-state index >= 15 is 0 Å². The lowest BCUT2D eigenvalue weighted by Gasteiger charge is -2.24. The predicted molar refractivity (Wildman–Crippen MR) is 46.0 cm³/mol. The number of nitrogens with one attached hydrogen (secondary N) is 1. The van der Waals surface area contributed by atoms with Gasteiger partial charge in [-0.3, -0.25) is 5.10 Å². The highest BCUT2D eigenvalue weighted by atomic mass is 16.2. The Labute approximate surface area is 71.8 Å². The second-order valence-corrected chi connectivity index (χ2v) is 3.41. The zero-order chi connectivity index (χ0) is 8.39. The molecule has 2 N–H and O–H groups in total. The predicted octanol–water partition coefficient (Wildman–Crippen LogP) is 1.21. The molecule has 1 saturated carbocycles. The Morgan fingerprint density at radius 1 is 1.58 bits per heavy atom. The molecule has 66 valence electrons. The summed E-state index contributed by atoms with van der Waals surface area (Å²) in [7, 11) is 0. The monoisotopic (exact) mass is 166 g/mol. The summed E-state index contributed by atoms with van der Waals surface area (Å²) in [6.45, 7) is 0.221. The smallest absolute Gasteiger partial charge is 0.0523 e. The normalized spacial score (nSPS) is 17.8. The van der Waals surface area contributed by atoms with Crippen LogP contribution in [0.3, 0.4) is 0 Å². The quantitative estimate of drug-likeness (QED) is 0.709. The van der Waals surface area contributed by atoms with E-state index in [1.807, 2.05) is 6.20 Å². The molecule has 0 aliphatic heterocycles. The Morgan fingerprint density at radius 2 is 2.42 bits per heavy atom. The first-order valence-corrected chi connectivity index (χ1v) is 4.55. The lowest BCUT2D eigenvalue weighted by molar-refractivity contribution is 0.298. The summed E-state index contributed by atoms with van der Waals surface area (Å²) in [5.41, 5.74) is 2.46. The zero-order valence-electron chi connectivity index (χ0n) is 7.08. The van der Waals surface area contributed by atoms with E-state index in [9.17, 15) is 0 Å². The summed E-state index contributed by atoms with van der Waals surface area (Å²) in [5.74, 6) is 0.689. The molecule has 1 aliphatic carbocycles. The molecule has 2 rings (SSSR count). The number of H-pyrrole nitrogens is 1. The van der Waals surface area contributed by atoms with Crippen molar-refractivity contribution in [3.05, 3.63) is 17.5 Å². The molecular formula is C9H14N2O. The maximum atomic E-state index is 8.79. The number of hydrogen-bond acceptors (Lipinski definition) is 2. The van der Waals surface area contributed by atoms with Gasteiger partial charge in [-0.1, -0.05) is 6.42 Å². The third-order valence-electron chi connectivity index (χ3n) is 2.65. The van der Waals surface area contributed by atoms with Gasteiger partial charge in [-0.2, -0.15) is 5.10 Å². The lowest BCUT2D eigenvalue weighted by Crippen LogP contribution is -2.11. The Bertz CT molecular complexity index is 253. The van der Waals surface area contributed by atoms with E-state index in [1.165, 1.54) is 30.5 Å². The van der Waals surface area contributed by atoms with Crippen molar-refractivity contribution in [1.82, 2.24) is 10.2 Å². The molecule has 0 radical (unpaired) electrons. The second-order valence-electron chi connectivity index (χ2n) is 3.41. The van der Waals surface area contributed by atoms with Gasteiger partial charge in [-0.05, 0) is 24.8 Å². The Kier molecular flexibility index (Phi) is 2.13. The number of nitrogens with zero attached hydrogens (tertiary/aromatic N) is 1. The van der Waals surface area contributed by atoms with Crippen LogP contribution in [-0.4, -0.2) is 21.9 Å².